The highest BCUT2D eigenvalue weighted by Crippen LogP contribution is 2.25. The van der Waals surface area contributed by atoms with Crippen LogP contribution in [0.15, 0.2) is 88.6 Å². The molecule has 0 aliphatic carbocycles. The number of rotatable bonds is 6. The first-order valence-corrected chi connectivity index (χ1v) is 10.3. The van der Waals surface area contributed by atoms with Gasteiger partial charge in [-0.05, 0) is 37.1 Å². The van der Waals surface area contributed by atoms with Crippen LogP contribution in [0.3, 0.4) is 0 Å². The number of hydrogen-bond donors (Lipinski definition) is 1. The summed E-state index contributed by atoms with van der Waals surface area (Å²) in [4.78, 5) is 28.8. The van der Waals surface area contributed by atoms with E-state index in [4.69, 9.17) is 4.99 Å². The van der Waals surface area contributed by atoms with Gasteiger partial charge >= 0.3 is 0 Å². The summed E-state index contributed by atoms with van der Waals surface area (Å²) in [6, 6.07) is 23.3. The minimum atomic E-state index is -0.468. The number of nitrogens with zero attached hydrogens (tertiary/aromatic N) is 3. The van der Waals surface area contributed by atoms with Crippen molar-refractivity contribution in [2.75, 3.05) is 0 Å². The van der Waals surface area contributed by atoms with E-state index in [2.05, 4.69) is 12.0 Å². The molecule has 32 heavy (non-hydrogen) atoms. The average molecular weight is 426 g/mol. The van der Waals surface area contributed by atoms with Gasteiger partial charge in [-0.1, -0.05) is 55.5 Å². The number of benzene rings is 3. The van der Waals surface area contributed by atoms with Crippen LogP contribution in [0, 0.1) is 10.1 Å². The van der Waals surface area contributed by atoms with Crippen molar-refractivity contribution in [1.82, 2.24) is 9.78 Å². The first-order chi connectivity index (χ1) is 15.5. The van der Waals surface area contributed by atoms with E-state index in [1.54, 1.807) is 12.1 Å². The Balaban J connectivity index is 1.90. The van der Waals surface area contributed by atoms with Gasteiger partial charge in [0.1, 0.15) is 0 Å². The van der Waals surface area contributed by atoms with Crippen LogP contribution in [-0.2, 0) is 6.42 Å². The molecule has 0 amide bonds. The molecule has 0 fully saturated rings. The van der Waals surface area contributed by atoms with Crippen molar-refractivity contribution in [2.45, 2.75) is 20.3 Å². The van der Waals surface area contributed by atoms with E-state index in [1.165, 1.54) is 16.8 Å². The Hall–Kier alpha value is -4.26. The summed E-state index contributed by atoms with van der Waals surface area (Å²) in [7, 11) is 0. The Morgan fingerprint density at radius 1 is 1.00 bits per heavy atom. The molecule has 1 aromatic heterocycles. The van der Waals surface area contributed by atoms with Gasteiger partial charge in [0.15, 0.2) is 0 Å². The van der Waals surface area contributed by atoms with Crippen molar-refractivity contribution in [3.8, 4) is 16.9 Å². The number of para-hydroxylation sites is 1. The Bertz CT molecular complexity index is 1350. The van der Waals surface area contributed by atoms with E-state index in [0.717, 1.165) is 23.2 Å². The zero-order valence-corrected chi connectivity index (χ0v) is 17.8. The van der Waals surface area contributed by atoms with Gasteiger partial charge in [-0.15, -0.1) is 0 Å². The normalized spacial score (nSPS) is 11.5. The summed E-state index contributed by atoms with van der Waals surface area (Å²) in [5.41, 5.74) is 4.66. The SMILES string of the molecule is CCc1ccccc1N=C(C)c1c(-c2ccccc2)[nH]n(-c2ccc([N+](=O)[O-])cc2)c1=O. The molecule has 160 valence electrons. The molecule has 7 nitrogen and oxygen atoms in total. The molecular formula is C25H22N4O3. The summed E-state index contributed by atoms with van der Waals surface area (Å²) in [6.45, 7) is 3.89. The van der Waals surface area contributed by atoms with Crippen LogP contribution in [0.1, 0.15) is 25.0 Å². The van der Waals surface area contributed by atoms with E-state index < -0.39 is 4.92 Å². The summed E-state index contributed by atoms with van der Waals surface area (Å²) >= 11 is 0. The lowest BCUT2D eigenvalue weighted by atomic mass is 10.0. The molecule has 4 rings (SSSR count). The first kappa shape index (κ1) is 21.0. The zero-order valence-electron chi connectivity index (χ0n) is 17.8. The van der Waals surface area contributed by atoms with Crippen molar-refractivity contribution in [3.63, 3.8) is 0 Å². The van der Waals surface area contributed by atoms with Crippen LogP contribution in [-0.4, -0.2) is 20.4 Å². The molecule has 1 N–H and O–H groups in total. The standard InChI is InChI=1S/C25H22N4O3/c1-3-18-9-7-8-12-22(18)26-17(2)23-24(19-10-5-4-6-11-19)27-28(25(23)30)20-13-15-21(16-14-20)29(31)32/h4-16,27H,3H2,1-2H3. The summed E-state index contributed by atoms with van der Waals surface area (Å²) in [5, 5.41) is 14.2. The Morgan fingerprint density at radius 2 is 1.66 bits per heavy atom. The number of aromatic nitrogens is 2. The minimum Gasteiger partial charge on any atom is -0.290 e. The van der Waals surface area contributed by atoms with Crippen LogP contribution in [0.4, 0.5) is 11.4 Å². The van der Waals surface area contributed by atoms with Crippen LogP contribution < -0.4 is 5.56 Å². The van der Waals surface area contributed by atoms with Gasteiger partial charge in [0.05, 0.1) is 33.3 Å². The average Bonchev–Trinajstić information content (AvgIpc) is 3.17. The van der Waals surface area contributed by atoms with Gasteiger partial charge in [0.25, 0.3) is 11.2 Å². The molecule has 0 atom stereocenters. The van der Waals surface area contributed by atoms with E-state index in [1.807, 2.05) is 61.5 Å². The third-order valence-corrected chi connectivity index (χ3v) is 5.29. The van der Waals surface area contributed by atoms with Crippen LogP contribution in [0.25, 0.3) is 16.9 Å². The maximum atomic E-state index is 13.5. The van der Waals surface area contributed by atoms with Crippen LogP contribution in [0.2, 0.25) is 0 Å². The highest BCUT2D eigenvalue weighted by Gasteiger charge is 2.20. The van der Waals surface area contributed by atoms with Gasteiger partial charge < -0.3 is 0 Å². The predicted octanol–water partition coefficient (Wildman–Crippen LogP) is 5.44. The van der Waals surface area contributed by atoms with Gasteiger partial charge in [0, 0.05) is 17.7 Å². The molecule has 4 aromatic rings. The molecule has 0 saturated carbocycles. The fourth-order valence-corrected chi connectivity index (χ4v) is 3.65. The predicted molar refractivity (Wildman–Crippen MR) is 126 cm³/mol. The maximum absolute atomic E-state index is 13.5. The lowest BCUT2D eigenvalue weighted by Crippen LogP contribution is -2.19. The number of H-pyrrole nitrogens is 1. The number of non-ortho nitro benzene ring substituents is 1. The van der Waals surface area contributed by atoms with Gasteiger partial charge in [-0.2, -0.15) is 0 Å². The topological polar surface area (TPSA) is 93.3 Å². The van der Waals surface area contributed by atoms with Crippen LogP contribution in [0.5, 0.6) is 0 Å². The molecule has 0 bridgehead atoms. The van der Waals surface area contributed by atoms with Gasteiger partial charge in [-0.25, -0.2) is 4.68 Å². The molecule has 0 radical (unpaired) electrons. The number of hydrogen-bond acceptors (Lipinski definition) is 4. The zero-order chi connectivity index (χ0) is 22.7. The third kappa shape index (κ3) is 4.00. The fourth-order valence-electron chi connectivity index (χ4n) is 3.65. The monoisotopic (exact) mass is 426 g/mol. The Labute approximate surface area is 184 Å². The molecule has 0 saturated heterocycles. The van der Waals surface area contributed by atoms with Crippen molar-refractivity contribution < 1.29 is 4.92 Å². The number of aromatic amines is 1. The maximum Gasteiger partial charge on any atom is 0.280 e. The molecule has 1 heterocycles. The molecule has 3 aromatic carbocycles. The second kappa shape index (κ2) is 8.85. The number of nitro groups is 1. The van der Waals surface area contributed by atoms with Crippen molar-refractivity contribution >= 4 is 17.1 Å². The van der Waals surface area contributed by atoms with Gasteiger partial charge in [-0.3, -0.25) is 25.0 Å². The molecule has 0 aliphatic heterocycles. The van der Waals surface area contributed by atoms with Crippen molar-refractivity contribution in [1.29, 1.82) is 0 Å². The van der Waals surface area contributed by atoms with Crippen molar-refractivity contribution in [3.05, 3.63) is 110 Å². The lowest BCUT2D eigenvalue weighted by Gasteiger charge is -2.05. The summed E-state index contributed by atoms with van der Waals surface area (Å²) in [5.74, 6) is 0. The second-order valence-electron chi connectivity index (χ2n) is 7.32. The molecule has 0 spiro atoms. The number of nitrogens with one attached hydrogen (secondary N) is 1. The highest BCUT2D eigenvalue weighted by atomic mass is 16.6. The third-order valence-electron chi connectivity index (χ3n) is 5.29. The minimum absolute atomic E-state index is 0.0363. The van der Waals surface area contributed by atoms with E-state index >= 15 is 0 Å². The Kier molecular flexibility index (Phi) is 5.81. The van der Waals surface area contributed by atoms with E-state index in [-0.39, 0.29) is 11.2 Å². The smallest absolute Gasteiger partial charge is 0.280 e. The van der Waals surface area contributed by atoms with Crippen LogP contribution >= 0.6 is 0 Å². The Morgan fingerprint density at radius 3 is 2.31 bits per heavy atom. The number of aryl methyl sites for hydroxylation is 1. The highest BCUT2D eigenvalue weighted by molar-refractivity contribution is 6.04. The van der Waals surface area contributed by atoms with E-state index in [9.17, 15) is 14.9 Å². The fraction of sp³-hybridized carbons (Fsp3) is 0.120. The number of aliphatic imine (C=N–C) groups is 1. The second-order valence-corrected chi connectivity index (χ2v) is 7.32. The van der Waals surface area contributed by atoms with E-state index in [0.29, 0.717) is 22.7 Å². The van der Waals surface area contributed by atoms with Gasteiger partial charge in [0.2, 0.25) is 0 Å². The van der Waals surface area contributed by atoms with Crippen molar-refractivity contribution in [2.24, 2.45) is 4.99 Å². The lowest BCUT2D eigenvalue weighted by molar-refractivity contribution is -0.384. The molecule has 0 unspecified atom stereocenters. The summed E-state index contributed by atoms with van der Waals surface area (Å²) in [6.07, 6.45) is 0.832. The molecule has 7 heteroatoms. The summed E-state index contributed by atoms with van der Waals surface area (Å²) < 4.78 is 1.39. The molecular weight excluding hydrogens is 404 g/mol. The quantitative estimate of drug-likeness (QED) is 0.253. The number of nitro benzene ring substituents is 1. The largest absolute Gasteiger partial charge is 0.290 e. The first-order valence-electron chi connectivity index (χ1n) is 10.3. The molecule has 0 aliphatic rings.